The molecule has 4 aromatic rings. The second kappa shape index (κ2) is 8.37. The van der Waals surface area contributed by atoms with Gasteiger partial charge in [0.15, 0.2) is 28.5 Å². The van der Waals surface area contributed by atoms with Crippen LogP contribution in [-0.4, -0.2) is 50.8 Å². The monoisotopic (exact) mass is 516 g/mol. The van der Waals surface area contributed by atoms with E-state index in [4.69, 9.17) is 0 Å². The van der Waals surface area contributed by atoms with E-state index in [0.29, 0.717) is 16.9 Å². The van der Waals surface area contributed by atoms with Gasteiger partial charge in [-0.15, -0.1) is 10.2 Å². The first-order valence-corrected chi connectivity index (χ1v) is 10.3. The summed E-state index contributed by atoms with van der Waals surface area (Å²) >= 11 is 3.23. The first-order valence-electron chi connectivity index (χ1n) is 9.51. The number of rotatable bonds is 7. The molecule has 0 aliphatic carbocycles. The molecule has 0 saturated heterocycles. The first-order chi connectivity index (χ1) is 15.2. The van der Waals surface area contributed by atoms with Gasteiger partial charge in [0, 0.05) is 18.9 Å². The first kappa shape index (κ1) is 22.0. The molecule has 0 aliphatic heterocycles. The molecule has 0 radical (unpaired) electrons. The van der Waals surface area contributed by atoms with Crippen molar-refractivity contribution in [2.75, 3.05) is 0 Å². The van der Waals surface area contributed by atoms with Crippen molar-refractivity contribution in [3.05, 3.63) is 27.5 Å². The molecular weight excluding hydrogens is 501 g/mol. The standard InChI is InChI=1S/C17H16BrF3N8O3/c1-2-3-4-6-28-10-9(23-15(18)24-10)13(30)29-12(25-26-16(28)29)11-22-5-7-27(11)8-32-14(31)17(19,20)21/h5,7H,2-4,6,8H2,1H3,(H,23,24). The minimum absolute atomic E-state index is 0.00242. The smallest absolute Gasteiger partial charge is 0.437 e. The Bertz CT molecular complexity index is 1350. The highest BCUT2D eigenvalue weighted by molar-refractivity contribution is 9.10. The van der Waals surface area contributed by atoms with Crippen LogP contribution in [0.3, 0.4) is 0 Å². The lowest BCUT2D eigenvalue weighted by atomic mass is 10.2. The number of aromatic amines is 1. The van der Waals surface area contributed by atoms with E-state index in [-0.39, 0.29) is 22.9 Å². The van der Waals surface area contributed by atoms with Gasteiger partial charge >= 0.3 is 12.1 Å². The quantitative estimate of drug-likeness (QED) is 0.227. The van der Waals surface area contributed by atoms with Crippen LogP contribution in [0.15, 0.2) is 21.9 Å². The van der Waals surface area contributed by atoms with Crippen LogP contribution in [0.4, 0.5) is 13.2 Å². The van der Waals surface area contributed by atoms with E-state index in [1.165, 1.54) is 16.8 Å². The number of carbonyl (C=O) groups is 1. The van der Waals surface area contributed by atoms with Crippen molar-refractivity contribution in [1.29, 1.82) is 0 Å². The highest BCUT2D eigenvalue weighted by Gasteiger charge is 2.41. The molecule has 0 spiro atoms. The average Bonchev–Trinajstić information content (AvgIpc) is 3.45. The summed E-state index contributed by atoms with van der Waals surface area (Å²) in [7, 11) is 0. The summed E-state index contributed by atoms with van der Waals surface area (Å²) in [5.74, 6) is -2.16. The van der Waals surface area contributed by atoms with Crippen molar-refractivity contribution in [3.8, 4) is 11.6 Å². The van der Waals surface area contributed by atoms with E-state index in [1.54, 1.807) is 4.57 Å². The van der Waals surface area contributed by atoms with Gasteiger partial charge in [-0.25, -0.2) is 19.2 Å². The number of nitrogens with one attached hydrogen (secondary N) is 1. The number of hydrogen-bond donors (Lipinski definition) is 1. The Labute approximate surface area is 185 Å². The third-order valence-corrected chi connectivity index (χ3v) is 5.06. The number of hydrogen-bond acceptors (Lipinski definition) is 7. The molecule has 4 rings (SSSR count). The van der Waals surface area contributed by atoms with E-state index in [9.17, 15) is 22.8 Å². The number of nitrogens with zero attached hydrogens (tertiary/aromatic N) is 7. The van der Waals surface area contributed by atoms with Crippen molar-refractivity contribution < 1.29 is 22.7 Å². The summed E-state index contributed by atoms with van der Waals surface area (Å²) in [5.41, 5.74) is 0.0807. The molecule has 0 atom stereocenters. The van der Waals surface area contributed by atoms with Crippen LogP contribution in [-0.2, 0) is 22.8 Å². The van der Waals surface area contributed by atoms with E-state index in [0.717, 1.165) is 23.8 Å². The zero-order chi connectivity index (χ0) is 23.0. The fourth-order valence-corrected chi connectivity index (χ4v) is 3.59. The summed E-state index contributed by atoms with van der Waals surface area (Å²) in [6.07, 6.45) is 0.179. The van der Waals surface area contributed by atoms with E-state index < -0.39 is 24.4 Å². The molecule has 0 saturated carbocycles. The van der Waals surface area contributed by atoms with Crippen molar-refractivity contribution in [3.63, 3.8) is 0 Å². The molecule has 0 amide bonds. The number of alkyl halides is 3. The van der Waals surface area contributed by atoms with Gasteiger partial charge in [0.25, 0.3) is 5.56 Å². The third-order valence-electron chi connectivity index (χ3n) is 4.68. The largest absolute Gasteiger partial charge is 0.490 e. The van der Waals surface area contributed by atoms with Crippen molar-refractivity contribution in [2.24, 2.45) is 0 Å². The summed E-state index contributed by atoms with van der Waals surface area (Å²) < 4.78 is 46.1. The van der Waals surface area contributed by atoms with Gasteiger partial charge in [-0.05, 0) is 22.4 Å². The van der Waals surface area contributed by atoms with Crippen LogP contribution >= 0.6 is 15.9 Å². The summed E-state index contributed by atoms with van der Waals surface area (Å²) in [4.78, 5) is 35.5. The normalized spacial score (nSPS) is 12.2. The molecular formula is C17H16BrF3N8O3. The molecule has 15 heteroatoms. The Hall–Kier alpha value is -3.23. The van der Waals surface area contributed by atoms with Gasteiger partial charge in [-0.2, -0.15) is 13.2 Å². The number of unbranched alkanes of at least 4 members (excludes halogenated alkanes) is 2. The van der Waals surface area contributed by atoms with Gasteiger partial charge in [0.2, 0.25) is 11.6 Å². The van der Waals surface area contributed by atoms with Gasteiger partial charge < -0.3 is 9.72 Å². The molecule has 0 fully saturated rings. The molecule has 0 bridgehead atoms. The molecule has 170 valence electrons. The molecule has 1 N–H and O–H groups in total. The number of esters is 1. The van der Waals surface area contributed by atoms with Crippen LogP contribution < -0.4 is 5.56 Å². The number of fused-ring (bicyclic) bond motifs is 2. The minimum Gasteiger partial charge on any atom is -0.437 e. The van der Waals surface area contributed by atoms with Crippen LogP contribution in [0.2, 0.25) is 0 Å². The zero-order valence-electron chi connectivity index (χ0n) is 16.6. The molecule has 0 unspecified atom stereocenters. The van der Waals surface area contributed by atoms with E-state index >= 15 is 0 Å². The van der Waals surface area contributed by atoms with E-state index in [2.05, 4.69) is 52.7 Å². The number of carbonyl (C=O) groups excluding carboxylic acids is 1. The minimum atomic E-state index is -5.13. The van der Waals surface area contributed by atoms with Crippen molar-refractivity contribution in [2.45, 2.75) is 45.6 Å². The molecule has 32 heavy (non-hydrogen) atoms. The fraction of sp³-hybridized carbons (Fsp3) is 0.412. The Morgan fingerprint density at radius 2 is 2.03 bits per heavy atom. The molecule has 0 aliphatic rings. The predicted molar refractivity (Wildman–Crippen MR) is 107 cm³/mol. The lowest BCUT2D eigenvalue weighted by molar-refractivity contribution is -0.203. The number of H-pyrrole nitrogens is 1. The molecule has 4 aromatic heterocycles. The molecule has 4 heterocycles. The highest BCUT2D eigenvalue weighted by Crippen LogP contribution is 2.21. The number of ether oxygens (including phenoxy) is 1. The Kier molecular flexibility index (Phi) is 5.75. The van der Waals surface area contributed by atoms with Crippen LogP contribution in [0.1, 0.15) is 26.2 Å². The van der Waals surface area contributed by atoms with Crippen LogP contribution in [0.25, 0.3) is 28.6 Å². The molecule has 0 aromatic carbocycles. The zero-order valence-corrected chi connectivity index (χ0v) is 18.1. The Morgan fingerprint density at radius 1 is 1.25 bits per heavy atom. The lowest BCUT2D eigenvalue weighted by Gasteiger charge is -2.11. The number of halogens is 4. The van der Waals surface area contributed by atoms with Gasteiger partial charge in [0.05, 0.1) is 0 Å². The van der Waals surface area contributed by atoms with E-state index in [1.807, 2.05) is 0 Å². The maximum atomic E-state index is 13.2. The average molecular weight is 517 g/mol. The fourth-order valence-electron chi connectivity index (χ4n) is 3.22. The highest BCUT2D eigenvalue weighted by atomic mass is 79.9. The number of imidazole rings is 2. The maximum Gasteiger partial charge on any atom is 0.490 e. The third kappa shape index (κ3) is 3.87. The van der Waals surface area contributed by atoms with Crippen molar-refractivity contribution >= 4 is 38.8 Å². The van der Waals surface area contributed by atoms with Crippen LogP contribution in [0.5, 0.6) is 0 Å². The SMILES string of the molecule is CCCCCn1c2nc(Br)[nH]c2c(=O)n2c(-c3nccn3COC(=O)C(F)(F)F)nnc12. The van der Waals surface area contributed by atoms with Crippen molar-refractivity contribution in [1.82, 2.24) is 38.7 Å². The lowest BCUT2D eigenvalue weighted by Crippen LogP contribution is -2.26. The second-order valence-electron chi connectivity index (χ2n) is 6.83. The topological polar surface area (TPSA) is 125 Å². The van der Waals surface area contributed by atoms with Crippen LogP contribution in [0, 0.1) is 0 Å². The van der Waals surface area contributed by atoms with Gasteiger partial charge in [-0.3, -0.25) is 13.9 Å². The maximum absolute atomic E-state index is 13.2. The summed E-state index contributed by atoms with van der Waals surface area (Å²) in [6.45, 7) is 1.80. The predicted octanol–water partition coefficient (Wildman–Crippen LogP) is 2.65. The molecule has 11 nitrogen and oxygen atoms in total. The van der Waals surface area contributed by atoms with Gasteiger partial charge in [-0.1, -0.05) is 19.8 Å². The number of aryl methyl sites for hydroxylation is 1. The van der Waals surface area contributed by atoms with Gasteiger partial charge in [0.1, 0.15) is 0 Å². The number of aromatic nitrogens is 8. The Balaban J connectivity index is 1.82. The summed E-state index contributed by atoms with van der Waals surface area (Å²) in [5, 5.41) is 8.16. The Morgan fingerprint density at radius 3 is 2.75 bits per heavy atom. The second-order valence-corrected chi connectivity index (χ2v) is 7.58. The summed E-state index contributed by atoms with van der Waals surface area (Å²) in [6, 6.07) is 0.